The second kappa shape index (κ2) is 5.58. The van der Waals surface area contributed by atoms with Crippen molar-refractivity contribution in [1.29, 1.82) is 0 Å². The third-order valence-corrected chi connectivity index (χ3v) is 5.33. The van der Waals surface area contributed by atoms with Gasteiger partial charge in [0.2, 0.25) is 10.0 Å². The quantitative estimate of drug-likeness (QED) is 0.888. The summed E-state index contributed by atoms with van der Waals surface area (Å²) in [6, 6.07) is 6.72. The third-order valence-electron chi connectivity index (χ3n) is 3.34. The zero-order valence-electron chi connectivity index (χ0n) is 11.2. The van der Waals surface area contributed by atoms with Gasteiger partial charge in [-0.25, -0.2) is 8.42 Å². The number of morpholine rings is 1. The first-order valence-electron chi connectivity index (χ1n) is 6.35. The van der Waals surface area contributed by atoms with Crippen molar-refractivity contribution >= 4 is 10.0 Å². The minimum Gasteiger partial charge on any atom is -0.374 e. The van der Waals surface area contributed by atoms with E-state index in [0.717, 1.165) is 5.56 Å². The largest absolute Gasteiger partial charge is 0.374 e. The van der Waals surface area contributed by atoms with E-state index in [1.54, 1.807) is 24.3 Å². The molecule has 106 valence electrons. The Morgan fingerprint density at radius 3 is 2.58 bits per heavy atom. The van der Waals surface area contributed by atoms with Crippen LogP contribution in [0.4, 0.5) is 0 Å². The molecule has 0 spiro atoms. The summed E-state index contributed by atoms with van der Waals surface area (Å²) >= 11 is 0. The Labute approximate surface area is 114 Å². The van der Waals surface area contributed by atoms with Crippen molar-refractivity contribution in [2.24, 2.45) is 5.73 Å². The fourth-order valence-corrected chi connectivity index (χ4v) is 3.76. The summed E-state index contributed by atoms with van der Waals surface area (Å²) in [6.45, 7) is 4.80. The topological polar surface area (TPSA) is 72.6 Å². The fraction of sp³-hybridized carbons (Fsp3) is 0.538. The molecule has 1 saturated heterocycles. The Bertz CT molecular complexity index is 527. The number of nitrogens with zero attached hydrogens (tertiary/aromatic N) is 1. The van der Waals surface area contributed by atoms with Gasteiger partial charge in [-0.05, 0) is 26.0 Å². The Morgan fingerprint density at radius 2 is 2.00 bits per heavy atom. The summed E-state index contributed by atoms with van der Waals surface area (Å²) in [7, 11) is -3.47. The lowest BCUT2D eigenvalue weighted by Crippen LogP contribution is -2.52. The molecular weight excluding hydrogens is 264 g/mol. The molecule has 2 rings (SSSR count). The van der Waals surface area contributed by atoms with Crippen LogP contribution in [0.15, 0.2) is 29.2 Å². The number of hydrogen-bond acceptors (Lipinski definition) is 4. The number of aryl methyl sites for hydroxylation is 1. The van der Waals surface area contributed by atoms with Gasteiger partial charge in [-0.2, -0.15) is 4.31 Å². The van der Waals surface area contributed by atoms with E-state index in [-0.39, 0.29) is 12.1 Å². The summed E-state index contributed by atoms with van der Waals surface area (Å²) in [5, 5.41) is 0. The lowest BCUT2D eigenvalue weighted by atomic mass is 10.2. The van der Waals surface area contributed by atoms with Crippen LogP contribution in [0.1, 0.15) is 12.5 Å². The van der Waals surface area contributed by atoms with Gasteiger partial charge >= 0.3 is 0 Å². The molecule has 5 nitrogen and oxygen atoms in total. The summed E-state index contributed by atoms with van der Waals surface area (Å²) < 4.78 is 32.2. The number of nitrogens with two attached hydrogens (primary N) is 1. The number of benzene rings is 1. The van der Waals surface area contributed by atoms with Gasteiger partial charge in [-0.1, -0.05) is 17.7 Å². The predicted octanol–water partition coefficient (Wildman–Crippen LogP) is 0.732. The molecule has 0 saturated carbocycles. The van der Waals surface area contributed by atoms with Gasteiger partial charge < -0.3 is 10.5 Å². The van der Waals surface area contributed by atoms with Crippen molar-refractivity contribution in [2.75, 3.05) is 19.7 Å². The van der Waals surface area contributed by atoms with Crippen LogP contribution in [0.2, 0.25) is 0 Å². The predicted molar refractivity (Wildman–Crippen MR) is 73.3 cm³/mol. The molecule has 6 heteroatoms. The molecule has 1 fully saturated rings. The summed E-state index contributed by atoms with van der Waals surface area (Å²) in [4.78, 5) is 0.322. The maximum atomic E-state index is 12.6. The van der Waals surface area contributed by atoms with E-state index in [1.165, 1.54) is 4.31 Å². The molecule has 1 aromatic rings. The second-order valence-electron chi connectivity index (χ2n) is 4.93. The molecule has 0 aliphatic carbocycles. The maximum absolute atomic E-state index is 12.6. The van der Waals surface area contributed by atoms with Crippen molar-refractivity contribution in [3.63, 3.8) is 0 Å². The van der Waals surface area contributed by atoms with E-state index in [9.17, 15) is 8.42 Å². The van der Waals surface area contributed by atoms with Gasteiger partial charge in [0.25, 0.3) is 0 Å². The van der Waals surface area contributed by atoms with Crippen LogP contribution >= 0.6 is 0 Å². The van der Waals surface area contributed by atoms with Gasteiger partial charge in [0.05, 0.1) is 17.6 Å². The summed E-state index contributed by atoms with van der Waals surface area (Å²) in [6.07, 6.45) is -0.226. The zero-order chi connectivity index (χ0) is 14.0. The minimum absolute atomic E-state index is 0.172. The van der Waals surface area contributed by atoms with Gasteiger partial charge in [0.1, 0.15) is 0 Å². The first kappa shape index (κ1) is 14.5. The highest BCUT2D eigenvalue weighted by Gasteiger charge is 2.34. The normalized spacial score (nSPS) is 25.4. The average Bonchev–Trinajstić information content (AvgIpc) is 2.39. The highest BCUT2D eigenvalue weighted by Crippen LogP contribution is 2.22. The van der Waals surface area contributed by atoms with Gasteiger partial charge in [0.15, 0.2) is 0 Å². The Balaban J connectivity index is 2.29. The minimum atomic E-state index is -3.47. The smallest absolute Gasteiger partial charge is 0.243 e. The molecule has 2 unspecified atom stereocenters. The highest BCUT2D eigenvalue weighted by atomic mass is 32.2. The SMILES string of the molecule is Cc1ccc(S(=O)(=O)N2CC(CN)OCC2C)cc1. The molecule has 0 bridgehead atoms. The van der Waals surface area contributed by atoms with E-state index >= 15 is 0 Å². The molecule has 19 heavy (non-hydrogen) atoms. The molecule has 1 aromatic carbocycles. The van der Waals surface area contributed by atoms with Crippen LogP contribution in [-0.2, 0) is 14.8 Å². The highest BCUT2D eigenvalue weighted by molar-refractivity contribution is 7.89. The Hall–Kier alpha value is -0.950. The molecule has 2 atom stereocenters. The fourth-order valence-electron chi connectivity index (χ4n) is 2.12. The van der Waals surface area contributed by atoms with Crippen molar-refractivity contribution in [3.8, 4) is 0 Å². The molecule has 0 radical (unpaired) electrons. The van der Waals surface area contributed by atoms with Gasteiger partial charge in [-0.15, -0.1) is 0 Å². The zero-order valence-corrected chi connectivity index (χ0v) is 12.1. The van der Waals surface area contributed by atoms with E-state index in [4.69, 9.17) is 10.5 Å². The Morgan fingerprint density at radius 1 is 1.37 bits per heavy atom. The second-order valence-corrected chi connectivity index (χ2v) is 6.82. The third kappa shape index (κ3) is 2.97. The van der Waals surface area contributed by atoms with Crippen molar-refractivity contribution < 1.29 is 13.2 Å². The van der Waals surface area contributed by atoms with E-state index in [1.807, 2.05) is 13.8 Å². The standard InChI is InChI=1S/C13H20N2O3S/c1-10-3-5-13(6-4-10)19(16,17)15-8-12(7-14)18-9-11(15)2/h3-6,11-12H,7-9,14H2,1-2H3. The van der Waals surface area contributed by atoms with E-state index < -0.39 is 10.0 Å². The van der Waals surface area contributed by atoms with E-state index in [0.29, 0.717) is 24.6 Å². The molecule has 1 aliphatic heterocycles. The maximum Gasteiger partial charge on any atom is 0.243 e. The van der Waals surface area contributed by atoms with Crippen LogP contribution < -0.4 is 5.73 Å². The Kier molecular flexibility index (Phi) is 4.25. The van der Waals surface area contributed by atoms with Crippen LogP contribution in [0, 0.1) is 6.92 Å². The van der Waals surface area contributed by atoms with Gasteiger partial charge in [-0.3, -0.25) is 0 Å². The van der Waals surface area contributed by atoms with Gasteiger partial charge in [0, 0.05) is 19.1 Å². The average molecular weight is 284 g/mol. The van der Waals surface area contributed by atoms with Crippen molar-refractivity contribution in [3.05, 3.63) is 29.8 Å². The first-order valence-corrected chi connectivity index (χ1v) is 7.79. The van der Waals surface area contributed by atoms with Crippen molar-refractivity contribution in [2.45, 2.75) is 30.9 Å². The molecule has 1 heterocycles. The molecule has 1 aliphatic rings. The number of sulfonamides is 1. The lowest BCUT2D eigenvalue weighted by molar-refractivity contribution is -0.0219. The summed E-state index contributed by atoms with van der Waals surface area (Å²) in [5.41, 5.74) is 6.60. The molecule has 0 amide bonds. The first-order chi connectivity index (χ1) is 8.95. The monoisotopic (exact) mass is 284 g/mol. The number of ether oxygens (including phenoxy) is 1. The van der Waals surface area contributed by atoms with Crippen LogP contribution in [0.25, 0.3) is 0 Å². The molecular formula is C13H20N2O3S. The molecule has 2 N–H and O–H groups in total. The molecule has 0 aromatic heterocycles. The lowest BCUT2D eigenvalue weighted by Gasteiger charge is -2.36. The van der Waals surface area contributed by atoms with Crippen LogP contribution in [0.5, 0.6) is 0 Å². The number of hydrogen-bond donors (Lipinski definition) is 1. The summed E-state index contributed by atoms with van der Waals surface area (Å²) in [5.74, 6) is 0. The van der Waals surface area contributed by atoms with Crippen molar-refractivity contribution in [1.82, 2.24) is 4.31 Å². The number of rotatable bonds is 3. The van der Waals surface area contributed by atoms with Crippen LogP contribution in [0.3, 0.4) is 0 Å². The van der Waals surface area contributed by atoms with Crippen LogP contribution in [-0.4, -0.2) is 44.6 Å². The van der Waals surface area contributed by atoms with E-state index in [2.05, 4.69) is 0 Å².